The molecule has 1 amide bonds. The minimum atomic E-state index is -0.0171. The monoisotopic (exact) mass is 327 g/mol. The maximum Gasteiger partial charge on any atom is 0.246 e. The van der Waals surface area contributed by atoms with E-state index < -0.39 is 0 Å². The molecule has 0 aliphatic heterocycles. The third-order valence-corrected chi connectivity index (χ3v) is 3.47. The maximum absolute atomic E-state index is 12.4. The van der Waals surface area contributed by atoms with Gasteiger partial charge in [-0.1, -0.05) is 12.1 Å². The van der Waals surface area contributed by atoms with Gasteiger partial charge in [-0.2, -0.15) is 5.10 Å². The number of ether oxygens (including phenoxy) is 1. The zero-order valence-electron chi connectivity index (χ0n) is 14.8. The predicted octanol–water partition coefficient (Wildman–Crippen LogP) is 3.27. The van der Waals surface area contributed by atoms with Crippen LogP contribution in [0.3, 0.4) is 0 Å². The number of rotatable bonds is 7. The Morgan fingerprint density at radius 1 is 1.42 bits per heavy atom. The second-order valence-electron chi connectivity index (χ2n) is 5.95. The molecule has 2 aromatic rings. The second kappa shape index (κ2) is 8.34. The van der Waals surface area contributed by atoms with Gasteiger partial charge in [0.2, 0.25) is 5.91 Å². The molecule has 0 unspecified atom stereocenters. The van der Waals surface area contributed by atoms with Gasteiger partial charge >= 0.3 is 0 Å². The van der Waals surface area contributed by atoms with Gasteiger partial charge in [0.15, 0.2) is 0 Å². The lowest BCUT2D eigenvalue weighted by Gasteiger charge is -2.18. The van der Waals surface area contributed by atoms with Crippen molar-refractivity contribution in [2.45, 2.75) is 33.4 Å². The zero-order chi connectivity index (χ0) is 17.5. The quantitative estimate of drug-likeness (QED) is 0.733. The largest absolute Gasteiger partial charge is 0.491 e. The van der Waals surface area contributed by atoms with E-state index >= 15 is 0 Å². The summed E-state index contributed by atoms with van der Waals surface area (Å²) < 4.78 is 7.41. The van der Waals surface area contributed by atoms with Crippen LogP contribution in [0.2, 0.25) is 0 Å². The number of amides is 1. The summed E-state index contributed by atoms with van der Waals surface area (Å²) in [5, 5.41) is 4.14. The first-order valence-electron chi connectivity index (χ1n) is 8.19. The second-order valence-corrected chi connectivity index (χ2v) is 5.95. The van der Waals surface area contributed by atoms with Crippen LogP contribution in [0.25, 0.3) is 6.08 Å². The topological polar surface area (TPSA) is 47.4 Å². The lowest BCUT2D eigenvalue weighted by atomic mass is 10.2. The summed E-state index contributed by atoms with van der Waals surface area (Å²) in [6.45, 7) is 7.16. The Labute approximate surface area is 143 Å². The van der Waals surface area contributed by atoms with Gasteiger partial charge in [0.05, 0.1) is 12.3 Å². The Kier molecular flexibility index (Phi) is 6.18. The van der Waals surface area contributed by atoms with Crippen molar-refractivity contribution in [3.8, 4) is 5.75 Å². The number of nitrogens with zero attached hydrogens (tertiary/aromatic N) is 3. The molecule has 0 N–H and O–H groups in total. The molecular formula is C19H25N3O2. The molecule has 1 aromatic carbocycles. The Morgan fingerprint density at radius 2 is 2.21 bits per heavy atom. The average Bonchev–Trinajstić information content (AvgIpc) is 2.95. The zero-order valence-corrected chi connectivity index (χ0v) is 14.8. The summed E-state index contributed by atoms with van der Waals surface area (Å²) in [6.07, 6.45) is 7.26. The highest BCUT2D eigenvalue weighted by Crippen LogP contribution is 2.16. The van der Waals surface area contributed by atoms with Crippen molar-refractivity contribution in [1.82, 2.24) is 14.7 Å². The number of hydrogen-bond acceptors (Lipinski definition) is 3. The van der Waals surface area contributed by atoms with Crippen LogP contribution in [-0.4, -0.2) is 33.2 Å². The maximum atomic E-state index is 12.4. The normalized spacial score (nSPS) is 11.2. The number of carbonyl (C=O) groups excluding carboxylic acids is 1. The molecule has 0 bridgehead atoms. The SMILES string of the molecule is CCN(Cc1cnn(C)c1)C(=O)C=Cc1cccc(OC(C)C)c1. The molecule has 1 aromatic heterocycles. The highest BCUT2D eigenvalue weighted by atomic mass is 16.5. The number of likely N-dealkylation sites (N-methyl/N-ethyl adjacent to an activating group) is 1. The molecule has 128 valence electrons. The van der Waals surface area contributed by atoms with Crippen molar-refractivity contribution in [2.75, 3.05) is 6.54 Å². The standard InChI is InChI=1S/C19H25N3O2/c1-5-22(14-17-12-20-21(4)13-17)19(23)10-9-16-7-6-8-18(11-16)24-15(2)3/h6-13,15H,5,14H2,1-4H3. The van der Waals surface area contributed by atoms with E-state index in [4.69, 9.17) is 4.74 Å². The van der Waals surface area contributed by atoms with E-state index in [-0.39, 0.29) is 12.0 Å². The smallest absolute Gasteiger partial charge is 0.246 e. The fourth-order valence-corrected chi connectivity index (χ4v) is 2.36. The van der Waals surface area contributed by atoms with Crippen molar-refractivity contribution in [3.63, 3.8) is 0 Å². The van der Waals surface area contributed by atoms with Crippen LogP contribution in [0.4, 0.5) is 0 Å². The molecular weight excluding hydrogens is 302 g/mol. The van der Waals surface area contributed by atoms with Crippen LogP contribution in [0.1, 0.15) is 31.9 Å². The summed E-state index contributed by atoms with van der Waals surface area (Å²) >= 11 is 0. The third kappa shape index (κ3) is 5.26. The van der Waals surface area contributed by atoms with Crippen molar-refractivity contribution < 1.29 is 9.53 Å². The Balaban J connectivity index is 2.02. The third-order valence-electron chi connectivity index (χ3n) is 3.47. The summed E-state index contributed by atoms with van der Waals surface area (Å²) in [6, 6.07) is 7.73. The Bertz CT molecular complexity index is 704. The highest BCUT2D eigenvalue weighted by molar-refractivity contribution is 5.91. The van der Waals surface area contributed by atoms with E-state index in [9.17, 15) is 4.79 Å². The van der Waals surface area contributed by atoms with Gasteiger partial charge in [-0.05, 0) is 44.5 Å². The molecule has 5 heteroatoms. The summed E-state index contributed by atoms with van der Waals surface area (Å²) in [4.78, 5) is 14.2. The highest BCUT2D eigenvalue weighted by Gasteiger charge is 2.10. The Hall–Kier alpha value is -2.56. The van der Waals surface area contributed by atoms with Crippen LogP contribution in [0, 0.1) is 0 Å². The lowest BCUT2D eigenvalue weighted by molar-refractivity contribution is -0.126. The van der Waals surface area contributed by atoms with Gasteiger partial charge in [-0.3, -0.25) is 9.48 Å². The number of aromatic nitrogens is 2. The van der Waals surface area contributed by atoms with Crippen LogP contribution in [0.5, 0.6) is 5.75 Å². The van der Waals surface area contributed by atoms with Crippen LogP contribution in [-0.2, 0) is 18.4 Å². The number of benzene rings is 1. The van der Waals surface area contributed by atoms with Crippen molar-refractivity contribution in [3.05, 3.63) is 53.9 Å². The van der Waals surface area contributed by atoms with Crippen molar-refractivity contribution in [2.24, 2.45) is 7.05 Å². The van der Waals surface area contributed by atoms with E-state index in [2.05, 4.69) is 5.10 Å². The first kappa shape index (κ1) is 17.8. The molecule has 1 heterocycles. The van der Waals surface area contributed by atoms with Gasteiger partial charge in [0.25, 0.3) is 0 Å². The molecule has 0 radical (unpaired) electrons. The molecule has 24 heavy (non-hydrogen) atoms. The van der Waals surface area contributed by atoms with Crippen LogP contribution >= 0.6 is 0 Å². The molecule has 5 nitrogen and oxygen atoms in total. The molecule has 2 rings (SSSR count). The van der Waals surface area contributed by atoms with E-state index in [0.29, 0.717) is 13.1 Å². The summed E-state index contributed by atoms with van der Waals surface area (Å²) in [5.74, 6) is 0.791. The molecule has 0 aliphatic carbocycles. The van der Waals surface area contributed by atoms with Crippen LogP contribution < -0.4 is 4.74 Å². The molecule has 0 atom stereocenters. The molecule has 0 saturated carbocycles. The average molecular weight is 327 g/mol. The van der Waals surface area contributed by atoms with Gasteiger partial charge < -0.3 is 9.64 Å². The molecule has 0 saturated heterocycles. The Morgan fingerprint density at radius 3 is 2.83 bits per heavy atom. The lowest BCUT2D eigenvalue weighted by Crippen LogP contribution is -2.28. The van der Waals surface area contributed by atoms with Gasteiger partial charge in [0, 0.05) is 38.0 Å². The predicted molar refractivity (Wildman–Crippen MR) is 95.5 cm³/mol. The van der Waals surface area contributed by atoms with E-state index in [1.54, 1.807) is 21.9 Å². The molecule has 0 fully saturated rings. The van der Waals surface area contributed by atoms with E-state index in [1.807, 2.05) is 64.4 Å². The van der Waals surface area contributed by atoms with Gasteiger partial charge in [-0.15, -0.1) is 0 Å². The summed E-state index contributed by atoms with van der Waals surface area (Å²) in [7, 11) is 1.87. The number of aryl methyl sites for hydroxylation is 1. The number of carbonyl (C=O) groups is 1. The fourth-order valence-electron chi connectivity index (χ4n) is 2.36. The first-order chi connectivity index (χ1) is 11.5. The molecule has 0 spiro atoms. The minimum Gasteiger partial charge on any atom is -0.491 e. The molecule has 0 aliphatic rings. The van der Waals surface area contributed by atoms with Gasteiger partial charge in [-0.25, -0.2) is 0 Å². The van der Waals surface area contributed by atoms with Crippen molar-refractivity contribution in [1.29, 1.82) is 0 Å². The number of hydrogen-bond donors (Lipinski definition) is 0. The summed E-state index contributed by atoms with van der Waals surface area (Å²) in [5.41, 5.74) is 1.97. The fraction of sp³-hybridized carbons (Fsp3) is 0.368. The van der Waals surface area contributed by atoms with E-state index in [1.165, 1.54) is 0 Å². The minimum absolute atomic E-state index is 0.0171. The first-order valence-corrected chi connectivity index (χ1v) is 8.19. The van der Waals surface area contributed by atoms with Crippen molar-refractivity contribution >= 4 is 12.0 Å². The van der Waals surface area contributed by atoms with E-state index in [0.717, 1.165) is 16.9 Å². The van der Waals surface area contributed by atoms with Gasteiger partial charge in [0.1, 0.15) is 5.75 Å². The van der Waals surface area contributed by atoms with Crippen LogP contribution in [0.15, 0.2) is 42.7 Å².